The van der Waals surface area contributed by atoms with Crippen LogP contribution in [-0.2, 0) is 16.0 Å². The van der Waals surface area contributed by atoms with Crippen LogP contribution in [-0.4, -0.2) is 42.0 Å². The van der Waals surface area contributed by atoms with Crippen molar-refractivity contribution in [1.82, 2.24) is 0 Å². The number of aliphatic hydroxyl groups is 2. The number of hydrogen-bond donors (Lipinski definition) is 3. The summed E-state index contributed by atoms with van der Waals surface area (Å²) >= 11 is 0. The normalized spacial score (nSPS) is 12.2. The van der Waals surface area contributed by atoms with Crippen molar-refractivity contribution in [2.75, 3.05) is 25.1 Å². The molecule has 0 aliphatic carbocycles. The van der Waals surface area contributed by atoms with Crippen molar-refractivity contribution in [3.8, 4) is 0 Å². The Morgan fingerprint density at radius 3 is 2.31 bits per heavy atom. The lowest BCUT2D eigenvalue weighted by Gasteiger charge is -2.09. The van der Waals surface area contributed by atoms with Crippen LogP contribution in [0.3, 0.4) is 0 Å². The Morgan fingerprint density at radius 2 is 1.62 bits per heavy atom. The molecule has 182 valence electrons. The zero-order chi connectivity index (χ0) is 23.3. The number of allylic oxidation sites excluding steroid dienone is 2. The molecule has 5 heteroatoms. The number of carbonyl (C=O) groups excluding carboxylic acids is 1. The molecular weight excluding hydrogens is 402 g/mol. The van der Waals surface area contributed by atoms with Gasteiger partial charge in [-0.3, -0.25) is 4.79 Å². The monoisotopic (exact) mass is 447 g/mol. The first-order valence-corrected chi connectivity index (χ1v) is 12.6. The smallest absolute Gasteiger partial charge is 0.305 e. The van der Waals surface area contributed by atoms with Crippen LogP contribution in [0.4, 0.5) is 5.69 Å². The second-order valence-electron chi connectivity index (χ2n) is 8.52. The van der Waals surface area contributed by atoms with Crippen LogP contribution in [0.25, 0.3) is 0 Å². The number of rotatable bonds is 20. The Hall–Kier alpha value is -1.85. The fourth-order valence-electron chi connectivity index (χ4n) is 3.45. The lowest BCUT2D eigenvalue weighted by molar-refractivity contribution is -0.147. The summed E-state index contributed by atoms with van der Waals surface area (Å²) in [5.74, 6) is -0.341. The molecule has 3 N–H and O–H groups in total. The molecule has 32 heavy (non-hydrogen) atoms. The molecule has 5 nitrogen and oxygen atoms in total. The predicted molar refractivity (Wildman–Crippen MR) is 133 cm³/mol. The fraction of sp³-hybridized carbons (Fsp3) is 0.667. The summed E-state index contributed by atoms with van der Waals surface area (Å²) in [5.41, 5.74) is 2.31. The highest BCUT2D eigenvalue weighted by molar-refractivity contribution is 5.69. The maximum atomic E-state index is 11.6. The van der Waals surface area contributed by atoms with Crippen molar-refractivity contribution in [3.63, 3.8) is 0 Å². The van der Waals surface area contributed by atoms with Gasteiger partial charge in [-0.1, -0.05) is 69.7 Å². The molecule has 0 aliphatic heterocycles. The number of unbranched alkanes of at least 4 members (excludes halogenated alkanes) is 8. The molecule has 0 heterocycles. The molecule has 1 atom stereocenters. The number of benzene rings is 1. The van der Waals surface area contributed by atoms with Gasteiger partial charge in [-0.15, -0.1) is 0 Å². The van der Waals surface area contributed by atoms with E-state index in [2.05, 4.69) is 48.7 Å². The highest BCUT2D eigenvalue weighted by Gasteiger charge is 2.07. The molecule has 0 aromatic heterocycles. The van der Waals surface area contributed by atoms with Gasteiger partial charge in [0.1, 0.15) is 12.7 Å². The first kappa shape index (κ1) is 28.2. The third kappa shape index (κ3) is 15.9. The van der Waals surface area contributed by atoms with E-state index in [1.54, 1.807) is 0 Å². The lowest BCUT2D eigenvalue weighted by Crippen LogP contribution is -2.21. The van der Waals surface area contributed by atoms with E-state index in [0.29, 0.717) is 12.8 Å². The minimum Gasteiger partial charge on any atom is -0.463 e. The second-order valence-corrected chi connectivity index (χ2v) is 8.52. The van der Waals surface area contributed by atoms with E-state index < -0.39 is 12.7 Å². The van der Waals surface area contributed by atoms with Gasteiger partial charge in [0.25, 0.3) is 0 Å². The predicted octanol–water partition coefficient (Wildman–Crippen LogP) is 5.79. The average molecular weight is 448 g/mol. The van der Waals surface area contributed by atoms with Crippen LogP contribution < -0.4 is 5.32 Å². The van der Waals surface area contributed by atoms with Gasteiger partial charge < -0.3 is 20.3 Å². The Bertz CT molecular complexity index is 600. The van der Waals surface area contributed by atoms with Crippen molar-refractivity contribution >= 4 is 11.7 Å². The lowest BCUT2D eigenvalue weighted by atomic mass is 10.1. The van der Waals surface area contributed by atoms with E-state index in [9.17, 15) is 9.90 Å². The number of hydrogen-bond acceptors (Lipinski definition) is 5. The maximum absolute atomic E-state index is 11.6. The topological polar surface area (TPSA) is 78.8 Å². The molecule has 1 aromatic rings. The van der Waals surface area contributed by atoms with Gasteiger partial charge >= 0.3 is 5.97 Å². The highest BCUT2D eigenvalue weighted by Crippen LogP contribution is 2.13. The first-order chi connectivity index (χ1) is 15.7. The van der Waals surface area contributed by atoms with Crippen molar-refractivity contribution in [2.45, 2.75) is 96.5 Å². The Balaban J connectivity index is 2.02. The fourth-order valence-corrected chi connectivity index (χ4v) is 3.45. The van der Waals surface area contributed by atoms with Crippen molar-refractivity contribution < 1.29 is 19.7 Å². The van der Waals surface area contributed by atoms with E-state index in [0.717, 1.165) is 31.5 Å². The average Bonchev–Trinajstić information content (AvgIpc) is 2.81. The van der Waals surface area contributed by atoms with Gasteiger partial charge in [0.05, 0.1) is 6.61 Å². The Morgan fingerprint density at radius 1 is 0.969 bits per heavy atom. The van der Waals surface area contributed by atoms with Crippen molar-refractivity contribution in [1.29, 1.82) is 0 Å². The van der Waals surface area contributed by atoms with Gasteiger partial charge in [0.2, 0.25) is 0 Å². The molecule has 0 spiro atoms. The quantitative estimate of drug-likeness (QED) is 0.134. The number of esters is 1. The first-order valence-electron chi connectivity index (χ1n) is 12.6. The molecular formula is C27H45NO4. The van der Waals surface area contributed by atoms with E-state index >= 15 is 0 Å². The summed E-state index contributed by atoms with van der Waals surface area (Å²) in [7, 11) is 0. The van der Waals surface area contributed by atoms with Gasteiger partial charge in [-0.05, 0) is 56.2 Å². The van der Waals surface area contributed by atoms with E-state index in [4.69, 9.17) is 9.84 Å². The van der Waals surface area contributed by atoms with Crippen LogP contribution in [0.5, 0.6) is 0 Å². The van der Waals surface area contributed by atoms with Gasteiger partial charge in [-0.25, -0.2) is 0 Å². The van der Waals surface area contributed by atoms with Crippen LogP contribution >= 0.6 is 0 Å². The zero-order valence-corrected chi connectivity index (χ0v) is 20.1. The Kier molecular flexibility index (Phi) is 17.4. The summed E-state index contributed by atoms with van der Waals surface area (Å²) in [6, 6.07) is 8.35. The minimum absolute atomic E-state index is 0.148. The summed E-state index contributed by atoms with van der Waals surface area (Å²) in [6.45, 7) is 2.68. The second kappa shape index (κ2) is 19.8. The summed E-state index contributed by atoms with van der Waals surface area (Å²) in [4.78, 5) is 11.6. The molecule has 0 amide bonds. The number of ether oxygens (including phenoxy) is 1. The van der Waals surface area contributed by atoms with Gasteiger partial charge in [0, 0.05) is 18.7 Å². The maximum Gasteiger partial charge on any atom is 0.305 e. The van der Waals surface area contributed by atoms with Crippen LogP contribution in [0, 0.1) is 0 Å². The van der Waals surface area contributed by atoms with Crippen LogP contribution in [0.15, 0.2) is 36.4 Å². The SMILES string of the molecule is CCCCCCCCCC=CCCCNc1ccc(CCCC(=O)OCC(O)CO)cc1. The van der Waals surface area contributed by atoms with Crippen LogP contribution in [0.2, 0.25) is 0 Å². The highest BCUT2D eigenvalue weighted by atomic mass is 16.5. The van der Waals surface area contributed by atoms with E-state index in [1.165, 1.54) is 56.9 Å². The van der Waals surface area contributed by atoms with Gasteiger partial charge in [0.15, 0.2) is 0 Å². The third-order valence-corrected chi connectivity index (χ3v) is 5.47. The molecule has 0 bridgehead atoms. The third-order valence-electron chi connectivity index (χ3n) is 5.47. The molecule has 0 saturated heterocycles. The van der Waals surface area contributed by atoms with Gasteiger partial charge in [-0.2, -0.15) is 0 Å². The number of nitrogens with one attached hydrogen (secondary N) is 1. The molecule has 0 fully saturated rings. The molecule has 1 rings (SSSR count). The van der Waals surface area contributed by atoms with E-state index in [-0.39, 0.29) is 12.6 Å². The molecule has 0 aliphatic rings. The molecule has 1 unspecified atom stereocenters. The summed E-state index contributed by atoms with van der Waals surface area (Å²) < 4.78 is 4.90. The standard InChI is InChI=1S/C27H45NO4/c1-2-3-4-5-6-7-8-9-10-11-12-13-21-28-25-19-17-24(18-20-25)15-14-16-27(31)32-23-26(30)22-29/h10-11,17-20,26,28-30H,2-9,12-16,21-23H2,1H3. The number of carbonyl (C=O) groups is 1. The van der Waals surface area contributed by atoms with Crippen molar-refractivity contribution in [3.05, 3.63) is 42.0 Å². The number of anilines is 1. The molecule has 0 saturated carbocycles. The van der Waals surface area contributed by atoms with Crippen molar-refractivity contribution in [2.24, 2.45) is 0 Å². The van der Waals surface area contributed by atoms with Crippen LogP contribution in [0.1, 0.15) is 89.5 Å². The number of aliphatic hydroxyl groups excluding tert-OH is 2. The van der Waals surface area contributed by atoms with E-state index in [1.807, 2.05) is 0 Å². The minimum atomic E-state index is -0.995. The summed E-state index contributed by atoms with van der Waals surface area (Å²) in [6.07, 6.45) is 18.5. The largest absolute Gasteiger partial charge is 0.463 e. The Labute approximate surface area is 195 Å². The molecule has 1 aromatic carbocycles. The summed E-state index contributed by atoms with van der Waals surface area (Å²) in [5, 5.41) is 21.3. The number of aryl methyl sites for hydroxylation is 1. The zero-order valence-electron chi connectivity index (χ0n) is 20.1. The molecule has 0 radical (unpaired) electrons.